The zero-order chi connectivity index (χ0) is 60.8. The first-order chi connectivity index (χ1) is 39.5. The fourth-order valence-corrected chi connectivity index (χ4v) is 7.27. The minimum Gasteiger partial charge on any atom is -0.489 e. The molecule has 83 heavy (non-hydrogen) atoms. The van der Waals surface area contributed by atoms with Crippen LogP contribution in [0.3, 0.4) is 0 Å². The van der Waals surface area contributed by atoms with Crippen molar-refractivity contribution in [3.63, 3.8) is 0 Å². The van der Waals surface area contributed by atoms with Gasteiger partial charge in [0.2, 0.25) is 34.0 Å². The van der Waals surface area contributed by atoms with Gasteiger partial charge in [-0.05, 0) is 24.3 Å². The second kappa shape index (κ2) is 31.0. The lowest BCUT2D eigenvalue weighted by molar-refractivity contribution is -0.174. The van der Waals surface area contributed by atoms with Crippen molar-refractivity contribution in [3.05, 3.63) is 70.3 Å². The molecule has 1 spiro atoms. The van der Waals surface area contributed by atoms with E-state index in [9.17, 15) is 52.7 Å². The summed E-state index contributed by atoms with van der Waals surface area (Å²) in [5.41, 5.74) is -3.81. The van der Waals surface area contributed by atoms with Crippen molar-refractivity contribution in [2.45, 2.75) is 47.1 Å². The molecule has 0 aromatic heterocycles. The largest absolute Gasteiger partial charge is 0.489 e. The third-order valence-corrected chi connectivity index (χ3v) is 10.8. The smallest absolute Gasteiger partial charge is 0.340 e. The standard InChI is InChI=1S/C51H54F2N2O28/c1-28(56)70-21-68-22-78-48(64)19-55(20-49(65)81-27-75-33(6)61)40-11-34-35(14-45(40)69-10-9-67-8-7-54(17-46(62)79-25-73-31(4)59)18-47(63)80-26-74-32(5)60)51(83-50(34)66)36-12-38(52)43(76-23-71-29(2)57)15-41(36)82-42-16-44(39(53)13-37(42)51)77-24-72-30(3)58/h11-16H,7-10,17-27H2,1-6H3. The topological polar surface area (TPSA) is 351 Å². The number of carbonyl (C=O) groups excluding carboxylic acids is 11. The number of esters is 11. The van der Waals surface area contributed by atoms with Crippen LogP contribution in [0.2, 0.25) is 0 Å². The number of ether oxygens (including phenoxy) is 17. The predicted octanol–water partition coefficient (Wildman–Crippen LogP) is 2.06. The van der Waals surface area contributed by atoms with Gasteiger partial charge in [0.05, 0.1) is 48.7 Å². The van der Waals surface area contributed by atoms with Crippen molar-refractivity contribution < 1.29 is 142 Å². The summed E-state index contributed by atoms with van der Waals surface area (Å²) in [5.74, 6) is -14.1. The minimum atomic E-state index is -2.39. The van der Waals surface area contributed by atoms with Gasteiger partial charge in [0.25, 0.3) is 0 Å². The average molecular weight is 1180 g/mol. The van der Waals surface area contributed by atoms with E-state index in [1.807, 2.05) is 0 Å². The summed E-state index contributed by atoms with van der Waals surface area (Å²) in [7, 11) is 0. The lowest BCUT2D eigenvalue weighted by Gasteiger charge is -2.37. The highest BCUT2D eigenvalue weighted by Crippen LogP contribution is 2.59. The molecule has 0 radical (unpaired) electrons. The predicted molar refractivity (Wildman–Crippen MR) is 261 cm³/mol. The Morgan fingerprint density at radius 2 is 0.867 bits per heavy atom. The Labute approximate surface area is 468 Å². The number of benzene rings is 3. The summed E-state index contributed by atoms with van der Waals surface area (Å²) >= 11 is 0. The first-order valence-corrected chi connectivity index (χ1v) is 24.2. The van der Waals surface area contributed by atoms with E-state index in [0.717, 1.165) is 76.8 Å². The number of fused-ring (bicyclic) bond motifs is 6. The number of nitrogens with zero attached hydrogens (tertiary/aromatic N) is 2. The van der Waals surface area contributed by atoms with Crippen molar-refractivity contribution in [1.29, 1.82) is 0 Å². The van der Waals surface area contributed by atoms with Gasteiger partial charge in [-0.3, -0.25) is 52.8 Å². The Bertz CT molecular complexity index is 2820. The van der Waals surface area contributed by atoms with Gasteiger partial charge in [-0.15, -0.1) is 0 Å². The van der Waals surface area contributed by atoms with E-state index < -0.39 is 175 Å². The molecular formula is C51H54F2N2O28. The quantitative estimate of drug-likeness (QED) is 0.0374. The van der Waals surface area contributed by atoms with Crippen molar-refractivity contribution in [3.8, 4) is 28.7 Å². The lowest BCUT2D eigenvalue weighted by Crippen LogP contribution is -2.39. The molecule has 5 rings (SSSR count). The van der Waals surface area contributed by atoms with E-state index in [2.05, 4.69) is 14.2 Å². The molecule has 450 valence electrons. The zero-order valence-corrected chi connectivity index (χ0v) is 45.2. The van der Waals surface area contributed by atoms with Crippen molar-refractivity contribution in [2.75, 3.05) is 105 Å². The zero-order valence-electron chi connectivity index (χ0n) is 45.2. The molecule has 0 unspecified atom stereocenters. The molecule has 30 nitrogen and oxygen atoms in total. The fraction of sp³-hybridized carbons (Fsp3) is 0.431. The lowest BCUT2D eigenvalue weighted by atomic mass is 9.77. The molecular weight excluding hydrogens is 1130 g/mol. The fourth-order valence-electron chi connectivity index (χ4n) is 7.27. The van der Waals surface area contributed by atoms with Crippen molar-refractivity contribution in [2.24, 2.45) is 0 Å². The van der Waals surface area contributed by atoms with Crippen LogP contribution in [0.1, 0.15) is 68.6 Å². The van der Waals surface area contributed by atoms with Crippen LogP contribution in [0.5, 0.6) is 28.7 Å². The molecule has 0 saturated carbocycles. The third kappa shape index (κ3) is 19.4. The number of rotatable bonds is 32. The molecule has 2 heterocycles. The van der Waals surface area contributed by atoms with Crippen molar-refractivity contribution >= 4 is 71.3 Å². The molecule has 2 aliphatic heterocycles. The molecule has 0 atom stereocenters. The summed E-state index contributed by atoms with van der Waals surface area (Å²) in [4.78, 5) is 137. The SMILES string of the molecule is CC(=O)OCOCOC(=O)CN(CC(=O)OCOC(C)=O)c1cc2c(cc1OCCOCCN(CC(=O)OCOC(C)=O)CC(=O)OCOC(C)=O)C1(OC2=O)c2cc(F)c(OCOC(C)=O)cc2Oc2cc(OCOC(C)=O)c(F)cc21. The van der Waals surface area contributed by atoms with Gasteiger partial charge in [-0.2, -0.15) is 0 Å². The normalized spacial score (nSPS) is 12.1. The maximum absolute atomic E-state index is 16.3. The van der Waals surface area contributed by atoms with Crippen LogP contribution in [0, 0.1) is 11.6 Å². The second-order valence-corrected chi connectivity index (χ2v) is 16.8. The Kier molecular flexibility index (Phi) is 24.0. The van der Waals surface area contributed by atoms with Crippen LogP contribution in [0.15, 0.2) is 36.4 Å². The highest BCUT2D eigenvalue weighted by Gasteiger charge is 2.55. The van der Waals surface area contributed by atoms with E-state index >= 15 is 8.78 Å². The van der Waals surface area contributed by atoms with Gasteiger partial charge < -0.3 is 85.4 Å². The van der Waals surface area contributed by atoms with Crippen LogP contribution in [0.25, 0.3) is 0 Å². The first kappa shape index (κ1) is 64.4. The van der Waals surface area contributed by atoms with E-state index in [1.54, 1.807) is 0 Å². The molecule has 3 aromatic carbocycles. The van der Waals surface area contributed by atoms with Gasteiger partial charge in [0, 0.05) is 65.8 Å². The van der Waals surface area contributed by atoms with Crippen LogP contribution in [0.4, 0.5) is 14.5 Å². The Balaban J connectivity index is 1.59. The summed E-state index contributed by atoms with van der Waals surface area (Å²) in [6, 6.07) is 5.97. The van der Waals surface area contributed by atoms with E-state index in [-0.39, 0.29) is 64.9 Å². The van der Waals surface area contributed by atoms with E-state index in [4.69, 9.17) is 66.3 Å². The Morgan fingerprint density at radius 3 is 1.34 bits per heavy atom. The molecule has 3 aromatic rings. The maximum atomic E-state index is 16.3. The van der Waals surface area contributed by atoms with E-state index in [1.165, 1.54) is 11.0 Å². The highest BCUT2D eigenvalue weighted by atomic mass is 19.1. The first-order valence-electron chi connectivity index (χ1n) is 24.2. The molecule has 0 bridgehead atoms. The van der Waals surface area contributed by atoms with Gasteiger partial charge in [0.1, 0.15) is 36.9 Å². The summed E-state index contributed by atoms with van der Waals surface area (Å²) in [6.07, 6.45) is 0. The van der Waals surface area contributed by atoms with E-state index in [0.29, 0.717) is 0 Å². The van der Waals surface area contributed by atoms with Crippen LogP contribution < -0.4 is 23.8 Å². The molecule has 0 N–H and O–H groups in total. The average Bonchev–Trinajstić information content (AvgIpc) is 2.04. The summed E-state index contributed by atoms with van der Waals surface area (Å²) in [6.45, 7) is -2.97. The molecule has 0 fully saturated rings. The second-order valence-electron chi connectivity index (χ2n) is 16.8. The number of hydrogen-bond acceptors (Lipinski definition) is 30. The number of hydrogen-bond donors (Lipinski definition) is 0. The maximum Gasteiger partial charge on any atom is 0.340 e. The van der Waals surface area contributed by atoms with Gasteiger partial charge in [-0.1, -0.05) is 0 Å². The Morgan fingerprint density at radius 1 is 0.446 bits per heavy atom. The molecule has 0 amide bonds. The molecule has 2 aliphatic rings. The number of halogens is 2. The molecule has 0 aliphatic carbocycles. The summed E-state index contributed by atoms with van der Waals surface area (Å²) < 4.78 is 121. The van der Waals surface area contributed by atoms with Crippen LogP contribution in [-0.4, -0.2) is 171 Å². The van der Waals surface area contributed by atoms with Gasteiger partial charge in [0.15, 0.2) is 42.3 Å². The van der Waals surface area contributed by atoms with Crippen LogP contribution >= 0.6 is 0 Å². The number of carbonyl (C=O) groups is 11. The molecule has 0 saturated heterocycles. The van der Waals surface area contributed by atoms with Gasteiger partial charge >= 0.3 is 65.7 Å². The highest BCUT2D eigenvalue weighted by molar-refractivity contribution is 5.99. The summed E-state index contributed by atoms with van der Waals surface area (Å²) in [5, 5.41) is 0. The minimum absolute atomic E-state index is 0.186. The third-order valence-electron chi connectivity index (χ3n) is 10.8. The monoisotopic (exact) mass is 1180 g/mol. The molecule has 32 heteroatoms. The van der Waals surface area contributed by atoms with Crippen molar-refractivity contribution in [1.82, 2.24) is 4.90 Å². The Hall–Kier alpha value is -9.43. The van der Waals surface area contributed by atoms with Gasteiger partial charge in [-0.25, -0.2) is 13.6 Å². The van der Waals surface area contributed by atoms with Crippen LogP contribution in [-0.2, 0) is 115 Å². The number of anilines is 1.